The zero-order valence-electron chi connectivity index (χ0n) is 16.0. The molecule has 11 heteroatoms. The third-order valence-electron chi connectivity index (χ3n) is 4.86. The van der Waals surface area contributed by atoms with Gasteiger partial charge in [-0.15, -0.1) is 0 Å². The highest BCUT2D eigenvalue weighted by atomic mass is 35.5. The summed E-state index contributed by atoms with van der Waals surface area (Å²) in [5.74, 6) is -0.650. The first-order chi connectivity index (χ1) is 15.0. The van der Waals surface area contributed by atoms with Gasteiger partial charge in [0.15, 0.2) is 0 Å². The monoisotopic (exact) mass is 505 g/mol. The second kappa shape index (κ2) is 8.13. The topological polar surface area (TPSA) is 46.6 Å². The summed E-state index contributed by atoms with van der Waals surface area (Å²) in [6, 6.07) is 10.4. The van der Waals surface area contributed by atoms with Gasteiger partial charge in [0, 0.05) is 17.2 Å². The molecule has 0 aromatic heterocycles. The van der Waals surface area contributed by atoms with E-state index in [0.717, 1.165) is 22.5 Å². The van der Waals surface area contributed by atoms with Gasteiger partial charge >= 0.3 is 6.18 Å². The summed E-state index contributed by atoms with van der Waals surface area (Å²) in [5.41, 5.74) is -0.885. The smallest absolute Gasteiger partial charge is 0.416 e. The average molecular weight is 506 g/mol. The molecule has 0 unspecified atom stereocenters. The van der Waals surface area contributed by atoms with Crippen molar-refractivity contribution >= 4 is 38.9 Å². The van der Waals surface area contributed by atoms with Crippen LogP contribution in [-0.2, 0) is 16.2 Å². The lowest BCUT2D eigenvalue weighted by Gasteiger charge is -2.31. The van der Waals surface area contributed by atoms with E-state index < -0.39 is 32.5 Å². The largest absolute Gasteiger partial charge is 0.489 e. The second-order valence-corrected chi connectivity index (χ2v) is 9.53. The van der Waals surface area contributed by atoms with Crippen molar-refractivity contribution < 1.29 is 30.7 Å². The van der Waals surface area contributed by atoms with E-state index in [-0.39, 0.29) is 45.8 Å². The van der Waals surface area contributed by atoms with Gasteiger partial charge in [-0.3, -0.25) is 4.31 Å². The standard InChI is InChI=1S/C21H13Cl2F4NO3S/c22-16-6-2-5-14(20(16)24)15-10-18-19(11-17(15)23)31-8-7-28(18)32(29,30)13-4-1-3-12(9-13)21(25,26)27/h1-6,9-11H,7-8H2. The highest BCUT2D eigenvalue weighted by Gasteiger charge is 2.35. The molecule has 0 saturated heterocycles. The molecule has 1 heterocycles. The summed E-state index contributed by atoms with van der Waals surface area (Å²) in [6.45, 7) is -0.211. The van der Waals surface area contributed by atoms with Gasteiger partial charge in [0.2, 0.25) is 0 Å². The van der Waals surface area contributed by atoms with E-state index in [4.69, 9.17) is 27.9 Å². The molecule has 1 aliphatic heterocycles. The molecule has 1 aliphatic rings. The van der Waals surface area contributed by atoms with Gasteiger partial charge < -0.3 is 4.74 Å². The maximum atomic E-state index is 14.6. The van der Waals surface area contributed by atoms with Crippen LogP contribution in [0.1, 0.15) is 5.56 Å². The molecule has 0 aliphatic carbocycles. The lowest BCUT2D eigenvalue weighted by Crippen LogP contribution is -2.38. The Morgan fingerprint density at radius 1 is 0.938 bits per heavy atom. The van der Waals surface area contributed by atoms with Crippen LogP contribution in [0.25, 0.3) is 11.1 Å². The molecule has 4 nitrogen and oxygen atoms in total. The first-order valence-corrected chi connectivity index (χ1v) is 11.3. The molecule has 3 aromatic rings. The molecule has 3 aromatic carbocycles. The number of anilines is 1. The molecule has 0 atom stereocenters. The van der Waals surface area contributed by atoms with E-state index in [1.165, 1.54) is 30.3 Å². The van der Waals surface area contributed by atoms with Crippen molar-refractivity contribution in [3.63, 3.8) is 0 Å². The average Bonchev–Trinajstić information content (AvgIpc) is 2.74. The summed E-state index contributed by atoms with van der Waals surface area (Å²) in [6.07, 6.45) is -4.71. The highest BCUT2D eigenvalue weighted by Crippen LogP contribution is 2.43. The predicted molar refractivity (Wildman–Crippen MR) is 113 cm³/mol. The number of ether oxygens (including phenoxy) is 1. The Morgan fingerprint density at radius 3 is 2.38 bits per heavy atom. The van der Waals surface area contributed by atoms with Crippen LogP contribution in [0.3, 0.4) is 0 Å². The molecular weight excluding hydrogens is 493 g/mol. The van der Waals surface area contributed by atoms with Gasteiger partial charge in [0.05, 0.1) is 32.7 Å². The van der Waals surface area contributed by atoms with E-state index in [1.807, 2.05) is 0 Å². The minimum Gasteiger partial charge on any atom is -0.489 e. The van der Waals surface area contributed by atoms with E-state index in [2.05, 4.69) is 0 Å². The summed E-state index contributed by atoms with van der Waals surface area (Å²) in [7, 11) is -4.40. The minimum absolute atomic E-state index is 0.0208. The molecule has 0 fully saturated rings. The molecule has 4 rings (SSSR count). The Bertz CT molecular complexity index is 1310. The normalized spacial score (nSPS) is 14.1. The van der Waals surface area contributed by atoms with E-state index in [1.54, 1.807) is 0 Å². The molecule has 168 valence electrons. The molecule has 0 bridgehead atoms. The number of hydrogen-bond donors (Lipinski definition) is 0. The lowest BCUT2D eigenvalue weighted by atomic mass is 10.0. The summed E-state index contributed by atoms with van der Waals surface area (Å²) >= 11 is 12.1. The third-order valence-corrected chi connectivity index (χ3v) is 7.27. The van der Waals surface area contributed by atoms with Gasteiger partial charge in [-0.2, -0.15) is 13.2 Å². The van der Waals surface area contributed by atoms with E-state index in [9.17, 15) is 26.0 Å². The summed E-state index contributed by atoms with van der Waals surface area (Å²) in [4.78, 5) is -0.536. The number of fused-ring (bicyclic) bond motifs is 1. The van der Waals surface area contributed by atoms with Gasteiger partial charge in [-0.05, 0) is 30.3 Å². The van der Waals surface area contributed by atoms with Crippen LogP contribution >= 0.6 is 23.2 Å². The van der Waals surface area contributed by atoms with E-state index in [0.29, 0.717) is 6.07 Å². The van der Waals surface area contributed by atoms with Crippen LogP contribution in [0.5, 0.6) is 5.75 Å². The highest BCUT2D eigenvalue weighted by molar-refractivity contribution is 7.92. The Morgan fingerprint density at radius 2 is 1.66 bits per heavy atom. The number of alkyl halides is 3. The fourth-order valence-electron chi connectivity index (χ4n) is 3.34. The fraction of sp³-hybridized carbons (Fsp3) is 0.143. The van der Waals surface area contributed by atoms with Crippen molar-refractivity contribution in [2.75, 3.05) is 17.5 Å². The van der Waals surface area contributed by atoms with Crippen molar-refractivity contribution in [1.29, 1.82) is 0 Å². The third kappa shape index (κ3) is 4.00. The minimum atomic E-state index is -4.71. The van der Waals surface area contributed by atoms with Gasteiger partial charge in [0.1, 0.15) is 18.2 Å². The summed E-state index contributed by atoms with van der Waals surface area (Å²) in [5, 5.41) is -0.0655. The van der Waals surface area contributed by atoms with Crippen LogP contribution in [-0.4, -0.2) is 21.6 Å². The Kier molecular flexibility index (Phi) is 5.77. The number of rotatable bonds is 3. The van der Waals surface area contributed by atoms with Crippen molar-refractivity contribution in [1.82, 2.24) is 0 Å². The fourth-order valence-corrected chi connectivity index (χ4v) is 5.27. The molecule has 0 spiro atoms. The Hall–Kier alpha value is -2.49. The van der Waals surface area contributed by atoms with Crippen LogP contribution < -0.4 is 9.04 Å². The molecule has 32 heavy (non-hydrogen) atoms. The second-order valence-electron chi connectivity index (χ2n) is 6.85. The maximum Gasteiger partial charge on any atom is 0.416 e. The maximum absolute atomic E-state index is 14.6. The van der Waals surface area contributed by atoms with Gasteiger partial charge in [-0.1, -0.05) is 41.4 Å². The predicted octanol–water partition coefficient (Wildman–Crippen LogP) is 6.41. The molecule has 0 saturated carbocycles. The zero-order valence-corrected chi connectivity index (χ0v) is 18.3. The SMILES string of the molecule is O=S(=O)(c1cccc(C(F)(F)F)c1)N1CCOc2cc(Cl)c(-c3cccc(Cl)c3F)cc21. The quantitative estimate of drug-likeness (QED) is 0.386. The number of benzene rings is 3. The lowest BCUT2D eigenvalue weighted by molar-refractivity contribution is -0.137. The zero-order chi connectivity index (χ0) is 23.3. The molecule has 0 radical (unpaired) electrons. The number of hydrogen-bond acceptors (Lipinski definition) is 3. The number of nitrogens with zero attached hydrogens (tertiary/aromatic N) is 1. The van der Waals surface area contributed by atoms with Crippen molar-refractivity contribution in [2.24, 2.45) is 0 Å². The van der Waals surface area contributed by atoms with Crippen LogP contribution in [0.2, 0.25) is 10.0 Å². The van der Waals surface area contributed by atoms with Crippen LogP contribution in [0.4, 0.5) is 23.2 Å². The Labute approximate surface area is 191 Å². The van der Waals surface area contributed by atoms with Crippen molar-refractivity contribution in [3.8, 4) is 16.9 Å². The Balaban J connectivity index is 1.86. The molecule has 0 N–H and O–H groups in total. The van der Waals surface area contributed by atoms with Crippen molar-refractivity contribution in [2.45, 2.75) is 11.1 Å². The van der Waals surface area contributed by atoms with Crippen LogP contribution in [0, 0.1) is 5.82 Å². The van der Waals surface area contributed by atoms with Gasteiger partial charge in [0.25, 0.3) is 10.0 Å². The van der Waals surface area contributed by atoms with Crippen LogP contribution in [0.15, 0.2) is 59.5 Å². The first kappa shape index (κ1) is 22.7. The number of sulfonamides is 1. The van der Waals surface area contributed by atoms with E-state index >= 15 is 0 Å². The first-order valence-electron chi connectivity index (χ1n) is 9.11. The molecule has 0 amide bonds. The van der Waals surface area contributed by atoms with Crippen molar-refractivity contribution in [3.05, 3.63) is 76.0 Å². The van der Waals surface area contributed by atoms with Gasteiger partial charge in [-0.25, -0.2) is 12.8 Å². The molecular formula is C21H13Cl2F4NO3S. The summed E-state index contributed by atoms with van der Waals surface area (Å²) < 4.78 is 86.8. The number of halogens is 6.